The molecule has 0 saturated carbocycles. The van der Waals surface area contributed by atoms with Crippen LogP contribution in [0.4, 0.5) is 4.39 Å². The Balaban J connectivity index is 1.72. The van der Waals surface area contributed by atoms with Crippen LogP contribution in [-0.2, 0) is 21.2 Å². The van der Waals surface area contributed by atoms with Gasteiger partial charge in [0, 0.05) is 18.2 Å². The molecule has 1 saturated heterocycles. The molecule has 7 heteroatoms. The third kappa shape index (κ3) is 5.01. The maximum absolute atomic E-state index is 13.4. The van der Waals surface area contributed by atoms with Crippen LogP contribution in [0.2, 0.25) is 0 Å². The summed E-state index contributed by atoms with van der Waals surface area (Å²) in [7, 11) is -1.13. The Hall–Kier alpha value is -1.02. The van der Waals surface area contributed by atoms with Crippen molar-refractivity contribution in [1.29, 1.82) is 0 Å². The first kappa shape index (κ1) is 17.3. The van der Waals surface area contributed by atoms with E-state index in [0.29, 0.717) is 18.5 Å². The van der Waals surface area contributed by atoms with Crippen molar-refractivity contribution >= 4 is 9.84 Å². The number of likely N-dealkylation sites (N-methyl/N-ethyl adjacent to an activating group) is 1. The van der Waals surface area contributed by atoms with Gasteiger partial charge in [0.05, 0.1) is 30.8 Å². The molecule has 1 heterocycles. The number of benzene rings is 1. The molecular formula is C15H22FNO4S. The summed E-state index contributed by atoms with van der Waals surface area (Å²) in [6.45, 7) is 0.515. The van der Waals surface area contributed by atoms with Gasteiger partial charge in [0.2, 0.25) is 0 Å². The van der Waals surface area contributed by atoms with E-state index in [1.54, 1.807) is 25.2 Å². The van der Waals surface area contributed by atoms with Gasteiger partial charge in [-0.25, -0.2) is 12.8 Å². The maximum atomic E-state index is 13.4. The zero-order valence-corrected chi connectivity index (χ0v) is 13.4. The smallest absolute Gasteiger partial charge is 0.151 e. The minimum atomic E-state index is -2.93. The molecule has 1 aromatic carbocycles. The summed E-state index contributed by atoms with van der Waals surface area (Å²) >= 11 is 0. The zero-order chi connectivity index (χ0) is 16.2. The van der Waals surface area contributed by atoms with Crippen molar-refractivity contribution < 1.29 is 22.7 Å². The number of aliphatic hydroxyl groups is 1. The van der Waals surface area contributed by atoms with Crippen LogP contribution >= 0.6 is 0 Å². The molecule has 0 spiro atoms. The lowest BCUT2D eigenvalue weighted by atomic mass is 10.2. The van der Waals surface area contributed by atoms with E-state index in [-0.39, 0.29) is 36.6 Å². The molecule has 0 unspecified atom stereocenters. The fourth-order valence-electron chi connectivity index (χ4n) is 2.58. The molecule has 0 radical (unpaired) electrons. The first-order valence-corrected chi connectivity index (χ1v) is 9.09. The Labute approximate surface area is 130 Å². The van der Waals surface area contributed by atoms with Gasteiger partial charge in [-0.2, -0.15) is 0 Å². The predicted octanol–water partition coefficient (Wildman–Crippen LogP) is 0.822. The van der Waals surface area contributed by atoms with Crippen molar-refractivity contribution in [3.05, 3.63) is 35.6 Å². The Morgan fingerprint density at radius 1 is 1.45 bits per heavy atom. The lowest BCUT2D eigenvalue weighted by Crippen LogP contribution is -2.39. The maximum Gasteiger partial charge on any atom is 0.151 e. The molecule has 1 N–H and O–H groups in total. The highest BCUT2D eigenvalue weighted by Crippen LogP contribution is 2.16. The average molecular weight is 331 g/mol. The molecule has 2 atom stereocenters. The van der Waals surface area contributed by atoms with Crippen molar-refractivity contribution in [2.45, 2.75) is 25.2 Å². The number of rotatable bonds is 7. The third-order valence-electron chi connectivity index (χ3n) is 3.86. The molecule has 22 heavy (non-hydrogen) atoms. The Kier molecular flexibility index (Phi) is 5.91. The minimum absolute atomic E-state index is 0.0498. The summed E-state index contributed by atoms with van der Waals surface area (Å²) < 4.78 is 41.6. The number of hydrogen-bond acceptors (Lipinski definition) is 5. The van der Waals surface area contributed by atoms with Crippen LogP contribution in [0.1, 0.15) is 12.0 Å². The van der Waals surface area contributed by atoms with Crippen LogP contribution in [0, 0.1) is 5.82 Å². The zero-order valence-electron chi connectivity index (χ0n) is 12.6. The molecule has 0 bridgehead atoms. The van der Waals surface area contributed by atoms with Gasteiger partial charge in [-0.05, 0) is 19.5 Å². The second-order valence-electron chi connectivity index (χ2n) is 5.76. The van der Waals surface area contributed by atoms with Crippen LogP contribution in [-0.4, -0.2) is 62.3 Å². The average Bonchev–Trinajstić information content (AvgIpc) is 2.81. The summed E-state index contributed by atoms with van der Waals surface area (Å²) in [6, 6.07) is 6.29. The van der Waals surface area contributed by atoms with Crippen molar-refractivity contribution in [2.24, 2.45) is 0 Å². The molecule has 0 aliphatic carbocycles. The standard InChI is InChI=1S/C15H22FNO4S/c1-17(13-6-7-22(19,20)11-13)8-14(18)10-21-9-12-4-2-3-5-15(12)16/h2-5,13-14,18H,6-11H2,1H3/t13-,14-/m0/s1. The minimum Gasteiger partial charge on any atom is -0.389 e. The van der Waals surface area contributed by atoms with Crippen LogP contribution in [0.25, 0.3) is 0 Å². The fraction of sp³-hybridized carbons (Fsp3) is 0.600. The van der Waals surface area contributed by atoms with E-state index >= 15 is 0 Å². The number of aliphatic hydroxyl groups excluding tert-OH is 1. The van der Waals surface area contributed by atoms with Crippen LogP contribution in [0.15, 0.2) is 24.3 Å². The van der Waals surface area contributed by atoms with E-state index in [4.69, 9.17) is 4.74 Å². The van der Waals surface area contributed by atoms with Gasteiger partial charge in [0.15, 0.2) is 9.84 Å². The van der Waals surface area contributed by atoms with E-state index in [1.165, 1.54) is 6.07 Å². The van der Waals surface area contributed by atoms with E-state index < -0.39 is 15.9 Å². The van der Waals surface area contributed by atoms with Crippen LogP contribution in [0.5, 0.6) is 0 Å². The van der Waals surface area contributed by atoms with Crippen molar-refractivity contribution in [3.63, 3.8) is 0 Å². The second-order valence-corrected chi connectivity index (χ2v) is 7.99. The molecule has 0 amide bonds. The first-order valence-electron chi connectivity index (χ1n) is 7.27. The van der Waals surface area contributed by atoms with Gasteiger partial charge in [0.25, 0.3) is 0 Å². The molecule has 1 fully saturated rings. The first-order chi connectivity index (χ1) is 10.4. The quantitative estimate of drug-likeness (QED) is 0.801. The van der Waals surface area contributed by atoms with Gasteiger partial charge >= 0.3 is 0 Å². The third-order valence-corrected chi connectivity index (χ3v) is 5.61. The van der Waals surface area contributed by atoms with Crippen molar-refractivity contribution in [3.8, 4) is 0 Å². The van der Waals surface area contributed by atoms with E-state index in [9.17, 15) is 17.9 Å². The molecule has 2 rings (SSSR count). The van der Waals surface area contributed by atoms with Gasteiger partial charge in [0.1, 0.15) is 5.82 Å². The Bertz CT molecular complexity index is 593. The summed E-state index contributed by atoms with van der Waals surface area (Å²) in [6.07, 6.45) is -0.137. The highest BCUT2D eigenvalue weighted by molar-refractivity contribution is 7.91. The monoisotopic (exact) mass is 331 g/mol. The molecule has 1 aliphatic rings. The number of ether oxygens (including phenoxy) is 1. The van der Waals surface area contributed by atoms with E-state index in [1.807, 2.05) is 4.90 Å². The summed E-state index contributed by atoms with van der Waals surface area (Å²) in [5.74, 6) is 0.0269. The van der Waals surface area contributed by atoms with Gasteiger partial charge < -0.3 is 9.84 Å². The van der Waals surface area contributed by atoms with E-state index in [0.717, 1.165) is 0 Å². The molecule has 1 aromatic rings. The summed E-state index contributed by atoms with van der Waals surface area (Å²) in [5, 5.41) is 9.95. The van der Waals surface area contributed by atoms with Gasteiger partial charge in [-0.15, -0.1) is 0 Å². The van der Waals surface area contributed by atoms with Gasteiger partial charge in [-0.1, -0.05) is 18.2 Å². The normalized spacial score (nSPS) is 22.1. The fourth-order valence-corrected chi connectivity index (χ4v) is 4.38. The number of hydrogen-bond donors (Lipinski definition) is 1. The topological polar surface area (TPSA) is 66.8 Å². The number of halogens is 1. The highest BCUT2D eigenvalue weighted by Gasteiger charge is 2.31. The van der Waals surface area contributed by atoms with E-state index in [2.05, 4.69) is 0 Å². The highest BCUT2D eigenvalue weighted by atomic mass is 32.2. The van der Waals surface area contributed by atoms with Crippen LogP contribution < -0.4 is 0 Å². The van der Waals surface area contributed by atoms with Gasteiger partial charge in [-0.3, -0.25) is 4.90 Å². The Morgan fingerprint density at radius 3 is 2.82 bits per heavy atom. The van der Waals surface area contributed by atoms with Crippen molar-refractivity contribution in [1.82, 2.24) is 4.90 Å². The number of sulfone groups is 1. The number of nitrogens with zero attached hydrogens (tertiary/aromatic N) is 1. The summed E-state index contributed by atoms with van der Waals surface area (Å²) in [5.41, 5.74) is 0.449. The lowest BCUT2D eigenvalue weighted by Gasteiger charge is -2.25. The summed E-state index contributed by atoms with van der Waals surface area (Å²) in [4.78, 5) is 1.85. The molecule has 1 aliphatic heterocycles. The molecule has 5 nitrogen and oxygen atoms in total. The van der Waals surface area contributed by atoms with Crippen LogP contribution in [0.3, 0.4) is 0 Å². The SMILES string of the molecule is CN(C[C@H](O)COCc1ccccc1F)[C@H]1CCS(=O)(=O)C1. The Morgan fingerprint density at radius 2 is 2.18 bits per heavy atom. The second kappa shape index (κ2) is 7.50. The van der Waals surface area contributed by atoms with Crippen molar-refractivity contribution in [2.75, 3.05) is 31.7 Å². The predicted molar refractivity (Wildman–Crippen MR) is 81.8 cm³/mol. The molecule has 0 aromatic heterocycles. The lowest BCUT2D eigenvalue weighted by molar-refractivity contribution is 0.00837. The largest absolute Gasteiger partial charge is 0.389 e. The molecular weight excluding hydrogens is 309 g/mol. The molecule has 124 valence electrons.